The van der Waals surface area contributed by atoms with Gasteiger partial charge in [0.05, 0.1) is 13.2 Å². The maximum atomic E-state index is 9.70. The van der Waals surface area contributed by atoms with Gasteiger partial charge >= 0.3 is 0 Å². The van der Waals surface area contributed by atoms with Gasteiger partial charge in [-0.2, -0.15) is 0 Å². The Hall–Kier alpha value is -0.860. The molecule has 0 bridgehead atoms. The number of rotatable bonds is 5. The van der Waals surface area contributed by atoms with Crippen molar-refractivity contribution in [3.63, 3.8) is 0 Å². The second-order valence-corrected chi connectivity index (χ2v) is 5.73. The van der Waals surface area contributed by atoms with Crippen molar-refractivity contribution in [2.75, 3.05) is 19.8 Å². The van der Waals surface area contributed by atoms with Gasteiger partial charge in [-0.15, -0.1) is 0 Å². The van der Waals surface area contributed by atoms with Gasteiger partial charge in [-0.25, -0.2) is 0 Å². The van der Waals surface area contributed by atoms with Gasteiger partial charge in [-0.05, 0) is 29.4 Å². The third-order valence-electron chi connectivity index (χ3n) is 4.37. The predicted molar refractivity (Wildman–Crippen MR) is 73.7 cm³/mol. The second kappa shape index (κ2) is 5.41. The molecule has 0 radical (unpaired) electrons. The summed E-state index contributed by atoms with van der Waals surface area (Å²) < 4.78 is 5.47. The zero-order valence-corrected chi connectivity index (χ0v) is 11.6. The molecule has 1 unspecified atom stereocenters. The number of aliphatic hydroxyl groups excluding tert-OH is 1. The lowest BCUT2D eigenvalue weighted by molar-refractivity contribution is -0.111. The highest BCUT2D eigenvalue weighted by Gasteiger charge is 2.47. The van der Waals surface area contributed by atoms with Crippen LogP contribution in [0.15, 0.2) is 24.3 Å². The predicted octanol–water partition coefficient (Wildman–Crippen LogP) is 2.78. The minimum atomic E-state index is 0.0230. The quantitative estimate of drug-likeness (QED) is 0.868. The Balaban J connectivity index is 2.30. The molecular weight excluding hydrogens is 224 g/mol. The van der Waals surface area contributed by atoms with Crippen molar-refractivity contribution >= 4 is 0 Å². The van der Waals surface area contributed by atoms with Gasteiger partial charge in [0.25, 0.3) is 0 Å². The first-order valence-electron chi connectivity index (χ1n) is 6.92. The van der Waals surface area contributed by atoms with Crippen LogP contribution in [-0.4, -0.2) is 24.9 Å². The van der Waals surface area contributed by atoms with E-state index in [0.29, 0.717) is 5.92 Å². The van der Waals surface area contributed by atoms with Crippen LogP contribution in [0.1, 0.15) is 31.9 Å². The Labute approximate surface area is 110 Å². The average molecular weight is 248 g/mol. The van der Waals surface area contributed by atoms with Crippen LogP contribution in [0.5, 0.6) is 0 Å². The lowest BCUT2D eigenvalue weighted by Crippen LogP contribution is -2.55. The minimum absolute atomic E-state index is 0.0230. The van der Waals surface area contributed by atoms with Crippen LogP contribution in [0.2, 0.25) is 0 Å². The molecule has 1 fully saturated rings. The Bertz CT molecular complexity index is 377. The number of hydrogen-bond donors (Lipinski definition) is 1. The van der Waals surface area contributed by atoms with Crippen molar-refractivity contribution in [2.45, 2.75) is 32.6 Å². The first-order chi connectivity index (χ1) is 8.64. The van der Waals surface area contributed by atoms with Crippen molar-refractivity contribution in [1.29, 1.82) is 0 Å². The van der Waals surface area contributed by atoms with E-state index in [0.717, 1.165) is 19.6 Å². The molecule has 0 amide bonds. The third kappa shape index (κ3) is 2.19. The van der Waals surface area contributed by atoms with Gasteiger partial charge in [0.2, 0.25) is 0 Å². The van der Waals surface area contributed by atoms with E-state index >= 15 is 0 Å². The molecule has 0 saturated carbocycles. The molecule has 1 aromatic rings. The van der Waals surface area contributed by atoms with Crippen molar-refractivity contribution in [3.05, 3.63) is 35.4 Å². The Kier molecular flexibility index (Phi) is 4.08. The molecule has 100 valence electrons. The summed E-state index contributed by atoms with van der Waals surface area (Å²) in [6.07, 6.45) is 1.07. The summed E-state index contributed by atoms with van der Waals surface area (Å²) in [5, 5.41) is 9.70. The first-order valence-corrected chi connectivity index (χ1v) is 6.92. The lowest BCUT2D eigenvalue weighted by atomic mass is 9.65. The van der Waals surface area contributed by atoms with Crippen LogP contribution in [0, 0.1) is 11.8 Å². The molecule has 1 aliphatic rings. The Morgan fingerprint density at radius 2 is 1.83 bits per heavy atom. The fourth-order valence-corrected chi connectivity index (χ4v) is 3.01. The largest absolute Gasteiger partial charge is 0.396 e. The highest BCUT2D eigenvalue weighted by Crippen LogP contribution is 2.42. The fraction of sp³-hybridized carbons (Fsp3) is 0.625. The van der Waals surface area contributed by atoms with E-state index in [9.17, 15) is 5.11 Å². The van der Waals surface area contributed by atoms with E-state index in [2.05, 4.69) is 45.0 Å². The summed E-state index contributed by atoms with van der Waals surface area (Å²) in [7, 11) is 0. The first kappa shape index (κ1) is 13.6. The number of aryl methyl sites for hydroxylation is 1. The lowest BCUT2D eigenvalue weighted by Gasteiger charge is -2.48. The van der Waals surface area contributed by atoms with Crippen LogP contribution in [0.25, 0.3) is 0 Å². The van der Waals surface area contributed by atoms with E-state index in [1.165, 1.54) is 11.1 Å². The van der Waals surface area contributed by atoms with Crippen LogP contribution >= 0.6 is 0 Å². The van der Waals surface area contributed by atoms with Crippen molar-refractivity contribution in [1.82, 2.24) is 0 Å². The number of benzene rings is 1. The molecule has 1 aliphatic heterocycles. The number of ether oxygens (including phenoxy) is 1. The van der Waals surface area contributed by atoms with Gasteiger partial charge in [-0.1, -0.05) is 45.0 Å². The normalized spacial score (nSPS) is 19.6. The Morgan fingerprint density at radius 3 is 2.17 bits per heavy atom. The monoisotopic (exact) mass is 248 g/mol. The molecule has 2 heteroatoms. The molecule has 0 spiro atoms. The fourth-order valence-electron chi connectivity index (χ4n) is 3.01. The standard InChI is InChI=1S/C16H24O2/c1-4-13-5-7-14(8-6-13)16(10-18-11-16)15(9-17)12(2)3/h5-8,12,15,17H,4,9-11H2,1-3H3. The zero-order chi connectivity index (χ0) is 13.2. The molecule has 1 N–H and O–H groups in total. The van der Waals surface area contributed by atoms with Crippen LogP contribution in [-0.2, 0) is 16.6 Å². The summed E-state index contributed by atoms with van der Waals surface area (Å²) in [5.41, 5.74) is 2.70. The van der Waals surface area contributed by atoms with E-state index in [1.807, 2.05) is 0 Å². The number of hydrogen-bond acceptors (Lipinski definition) is 2. The van der Waals surface area contributed by atoms with Crippen LogP contribution in [0.3, 0.4) is 0 Å². The van der Waals surface area contributed by atoms with E-state index in [4.69, 9.17) is 4.74 Å². The zero-order valence-electron chi connectivity index (χ0n) is 11.6. The molecule has 18 heavy (non-hydrogen) atoms. The average Bonchev–Trinajstić information content (AvgIpc) is 2.33. The topological polar surface area (TPSA) is 29.5 Å². The van der Waals surface area contributed by atoms with Crippen molar-refractivity contribution < 1.29 is 9.84 Å². The molecule has 0 aromatic heterocycles. The summed E-state index contributed by atoms with van der Waals surface area (Å²) >= 11 is 0. The van der Waals surface area contributed by atoms with E-state index in [-0.39, 0.29) is 17.9 Å². The summed E-state index contributed by atoms with van der Waals surface area (Å²) in [5.74, 6) is 0.739. The Morgan fingerprint density at radius 1 is 1.22 bits per heavy atom. The number of aliphatic hydroxyl groups is 1. The van der Waals surface area contributed by atoms with Gasteiger partial charge in [-0.3, -0.25) is 0 Å². The van der Waals surface area contributed by atoms with Gasteiger partial charge in [0.15, 0.2) is 0 Å². The molecule has 2 nitrogen and oxygen atoms in total. The van der Waals surface area contributed by atoms with E-state index in [1.54, 1.807) is 0 Å². The molecule has 1 heterocycles. The summed E-state index contributed by atoms with van der Waals surface area (Å²) in [4.78, 5) is 0. The molecule has 1 atom stereocenters. The smallest absolute Gasteiger partial charge is 0.0589 e. The van der Waals surface area contributed by atoms with Gasteiger partial charge < -0.3 is 9.84 Å². The van der Waals surface area contributed by atoms with Crippen molar-refractivity contribution in [2.24, 2.45) is 11.8 Å². The van der Waals surface area contributed by atoms with Crippen molar-refractivity contribution in [3.8, 4) is 0 Å². The van der Waals surface area contributed by atoms with E-state index < -0.39 is 0 Å². The highest BCUT2D eigenvalue weighted by molar-refractivity contribution is 5.32. The van der Waals surface area contributed by atoms with Crippen LogP contribution < -0.4 is 0 Å². The minimum Gasteiger partial charge on any atom is -0.396 e. The van der Waals surface area contributed by atoms with Gasteiger partial charge in [0, 0.05) is 12.0 Å². The van der Waals surface area contributed by atoms with Crippen LogP contribution in [0.4, 0.5) is 0 Å². The summed E-state index contributed by atoms with van der Waals surface area (Å²) in [6, 6.07) is 8.83. The van der Waals surface area contributed by atoms with Gasteiger partial charge in [0.1, 0.15) is 0 Å². The molecule has 1 saturated heterocycles. The molecule has 2 rings (SSSR count). The molecule has 1 aromatic carbocycles. The highest BCUT2D eigenvalue weighted by atomic mass is 16.5. The maximum absolute atomic E-state index is 9.70. The SMILES string of the molecule is CCc1ccc(C2(C(CO)C(C)C)COC2)cc1. The molecule has 0 aliphatic carbocycles. The molecular formula is C16H24O2. The second-order valence-electron chi connectivity index (χ2n) is 5.73. The third-order valence-corrected chi connectivity index (χ3v) is 4.37. The maximum Gasteiger partial charge on any atom is 0.0589 e. The summed E-state index contributed by atoms with van der Waals surface area (Å²) in [6.45, 7) is 8.24.